The highest BCUT2D eigenvalue weighted by molar-refractivity contribution is 7.92. The summed E-state index contributed by atoms with van der Waals surface area (Å²) >= 11 is 0. The van der Waals surface area contributed by atoms with E-state index >= 15 is 0 Å². The zero-order valence-electron chi connectivity index (χ0n) is 14.5. The second-order valence-corrected chi connectivity index (χ2v) is 7.74. The van der Waals surface area contributed by atoms with Gasteiger partial charge < -0.3 is 5.32 Å². The number of hydrogen-bond acceptors (Lipinski definition) is 5. The molecule has 3 rings (SSSR count). The molecule has 2 N–H and O–H groups in total. The van der Waals surface area contributed by atoms with Crippen LogP contribution < -0.4 is 10.0 Å². The summed E-state index contributed by atoms with van der Waals surface area (Å²) in [6.07, 6.45) is 1.91. The predicted octanol–water partition coefficient (Wildman–Crippen LogP) is 3.68. The van der Waals surface area contributed by atoms with E-state index in [1.807, 2.05) is 30.3 Å². The third kappa shape index (κ3) is 5.56. The van der Waals surface area contributed by atoms with Gasteiger partial charge in [0.2, 0.25) is 10.0 Å². The Morgan fingerprint density at radius 2 is 1.63 bits per heavy atom. The summed E-state index contributed by atoms with van der Waals surface area (Å²) in [4.78, 5) is 4.22. The van der Waals surface area contributed by atoms with Crippen molar-refractivity contribution in [2.45, 2.75) is 6.42 Å². The number of hydrogen-bond donors (Lipinski definition) is 2. The molecule has 0 aliphatic heterocycles. The number of pyridine rings is 1. The first-order valence-electron chi connectivity index (χ1n) is 8.32. The summed E-state index contributed by atoms with van der Waals surface area (Å²) in [5, 5.41) is 11.9. The normalized spacial score (nSPS) is 10.8. The fraction of sp³-hybridized carbons (Fsp3) is 0.100. The van der Waals surface area contributed by atoms with E-state index in [1.165, 1.54) is 6.20 Å². The average Bonchev–Trinajstić information content (AvgIpc) is 2.69. The molecule has 6 nitrogen and oxygen atoms in total. The van der Waals surface area contributed by atoms with Crippen molar-refractivity contribution in [3.63, 3.8) is 0 Å². The van der Waals surface area contributed by atoms with Gasteiger partial charge in [-0.2, -0.15) is 5.26 Å². The van der Waals surface area contributed by atoms with E-state index < -0.39 is 10.0 Å². The van der Waals surface area contributed by atoms with Gasteiger partial charge in [0.1, 0.15) is 5.82 Å². The van der Waals surface area contributed by atoms with Gasteiger partial charge in [0.25, 0.3) is 0 Å². The third-order valence-electron chi connectivity index (χ3n) is 3.83. The van der Waals surface area contributed by atoms with Crippen molar-refractivity contribution >= 4 is 27.2 Å². The summed E-state index contributed by atoms with van der Waals surface area (Å²) in [6.45, 7) is 0. The molecule has 0 aliphatic carbocycles. The SMILES string of the molecule is N#Cc1ccc(Nc2ccc(NS(=O)(=O)CCc3ccccc3)cn2)cc1. The fourth-order valence-corrected chi connectivity index (χ4v) is 3.52. The minimum absolute atomic E-state index is 0.00224. The molecule has 0 fully saturated rings. The summed E-state index contributed by atoms with van der Waals surface area (Å²) in [6, 6.07) is 21.8. The number of sulfonamides is 1. The maximum atomic E-state index is 12.2. The Kier molecular flexibility index (Phi) is 5.69. The predicted molar refractivity (Wildman–Crippen MR) is 106 cm³/mol. The lowest BCUT2D eigenvalue weighted by Gasteiger charge is -2.09. The maximum absolute atomic E-state index is 12.2. The largest absolute Gasteiger partial charge is 0.340 e. The Bertz CT molecular complexity index is 1030. The van der Waals surface area contributed by atoms with E-state index in [9.17, 15) is 8.42 Å². The highest BCUT2D eigenvalue weighted by Gasteiger charge is 2.11. The quantitative estimate of drug-likeness (QED) is 0.654. The Labute approximate surface area is 158 Å². The van der Waals surface area contributed by atoms with Crippen LogP contribution in [0.5, 0.6) is 0 Å². The topological polar surface area (TPSA) is 94.9 Å². The van der Waals surface area contributed by atoms with Crippen molar-refractivity contribution in [3.8, 4) is 6.07 Å². The highest BCUT2D eigenvalue weighted by Crippen LogP contribution is 2.17. The molecule has 0 spiro atoms. The van der Waals surface area contributed by atoms with Crippen LogP contribution >= 0.6 is 0 Å². The van der Waals surface area contributed by atoms with Crippen LogP contribution in [-0.4, -0.2) is 19.2 Å². The lowest BCUT2D eigenvalue weighted by atomic mass is 10.2. The Balaban J connectivity index is 1.58. The highest BCUT2D eigenvalue weighted by atomic mass is 32.2. The van der Waals surface area contributed by atoms with E-state index in [2.05, 4.69) is 21.1 Å². The number of benzene rings is 2. The fourth-order valence-electron chi connectivity index (χ4n) is 2.43. The Hall–Kier alpha value is -3.37. The van der Waals surface area contributed by atoms with Crippen LogP contribution in [-0.2, 0) is 16.4 Å². The van der Waals surface area contributed by atoms with Gasteiger partial charge in [0.05, 0.1) is 29.3 Å². The molecular formula is C20H18N4O2S. The zero-order chi connectivity index (χ0) is 19.1. The van der Waals surface area contributed by atoms with E-state index in [0.717, 1.165) is 11.3 Å². The number of nitriles is 1. The number of aryl methyl sites for hydroxylation is 1. The standard InChI is InChI=1S/C20H18N4O2S/c21-14-17-6-8-18(9-7-17)23-20-11-10-19(15-22-20)24-27(25,26)13-12-16-4-2-1-3-5-16/h1-11,15,24H,12-13H2,(H,22,23). The molecule has 0 radical (unpaired) electrons. The van der Waals surface area contributed by atoms with Gasteiger partial charge in [0.15, 0.2) is 0 Å². The van der Waals surface area contributed by atoms with Crippen LogP contribution in [0.15, 0.2) is 72.9 Å². The molecule has 0 amide bonds. The first-order valence-corrected chi connectivity index (χ1v) is 9.97. The molecule has 0 saturated carbocycles. The minimum Gasteiger partial charge on any atom is -0.340 e. The molecule has 27 heavy (non-hydrogen) atoms. The van der Waals surface area contributed by atoms with Crippen molar-refractivity contribution < 1.29 is 8.42 Å². The molecule has 136 valence electrons. The van der Waals surface area contributed by atoms with E-state index in [4.69, 9.17) is 5.26 Å². The number of rotatable bonds is 7. The van der Waals surface area contributed by atoms with Crippen LogP contribution in [0, 0.1) is 11.3 Å². The van der Waals surface area contributed by atoms with Crippen LogP contribution in [0.25, 0.3) is 0 Å². The second kappa shape index (κ2) is 8.34. The molecule has 0 aliphatic rings. The van der Waals surface area contributed by atoms with Gasteiger partial charge in [0, 0.05) is 5.69 Å². The van der Waals surface area contributed by atoms with Crippen LogP contribution in [0.1, 0.15) is 11.1 Å². The van der Waals surface area contributed by atoms with Crippen LogP contribution in [0.2, 0.25) is 0 Å². The molecule has 3 aromatic rings. The van der Waals surface area contributed by atoms with Crippen molar-refractivity contribution in [2.24, 2.45) is 0 Å². The molecule has 0 saturated heterocycles. The Morgan fingerprint density at radius 1 is 0.926 bits per heavy atom. The summed E-state index contributed by atoms with van der Waals surface area (Å²) in [5.74, 6) is 0.578. The summed E-state index contributed by atoms with van der Waals surface area (Å²) < 4.78 is 27.0. The first kappa shape index (κ1) is 18.4. The third-order valence-corrected chi connectivity index (χ3v) is 5.11. The van der Waals surface area contributed by atoms with Gasteiger partial charge in [-0.15, -0.1) is 0 Å². The van der Waals surface area contributed by atoms with Gasteiger partial charge in [-0.1, -0.05) is 30.3 Å². The number of anilines is 3. The molecule has 2 aromatic carbocycles. The lowest BCUT2D eigenvalue weighted by molar-refractivity contribution is 0.600. The van der Waals surface area contributed by atoms with Crippen molar-refractivity contribution in [1.29, 1.82) is 5.26 Å². The van der Waals surface area contributed by atoms with Gasteiger partial charge >= 0.3 is 0 Å². The first-order chi connectivity index (χ1) is 13.0. The maximum Gasteiger partial charge on any atom is 0.233 e. The van der Waals surface area contributed by atoms with E-state index in [1.54, 1.807) is 36.4 Å². The van der Waals surface area contributed by atoms with Crippen LogP contribution in [0.3, 0.4) is 0 Å². The van der Waals surface area contributed by atoms with Crippen molar-refractivity contribution in [1.82, 2.24) is 4.98 Å². The molecule has 0 atom stereocenters. The zero-order valence-corrected chi connectivity index (χ0v) is 15.3. The number of aromatic nitrogens is 1. The average molecular weight is 378 g/mol. The van der Waals surface area contributed by atoms with Gasteiger partial charge in [-0.3, -0.25) is 4.72 Å². The second-order valence-electron chi connectivity index (χ2n) is 5.90. The van der Waals surface area contributed by atoms with Gasteiger partial charge in [-0.05, 0) is 48.4 Å². The molecule has 1 heterocycles. The Morgan fingerprint density at radius 3 is 2.26 bits per heavy atom. The summed E-state index contributed by atoms with van der Waals surface area (Å²) in [7, 11) is -3.45. The molecular weight excluding hydrogens is 360 g/mol. The number of nitrogens with zero attached hydrogens (tertiary/aromatic N) is 2. The van der Waals surface area contributed by atoms with Crippen molar-refractivity contribution in [2.75, 3.05) is 15.8 Å². The number of nitrogens with one attached hydrogen (secondary N) is 2. The van der Waals surface area contributed by atoms with E-state index in [0.29, 0.717) is 23.5 Å². The molecule has 7 heteroatoms. The molecule has 0 bridgehead atoms. The van der Waals surface area contributed by atoms with Crippen LogP contribution in [0.4, 0.5) is 17.2 Å². The monoisotopic (exact) mass is 378 g/mol. The minimum atomic E-state index is -3.45. The van der Waals surface area contributed by atoms with Crippen molar-refractivity contribution in [3.05, 3.63) is 84.1 Å². The molecule has 1 aromatic heterocycles. The smallest absolute Gasteiger partial charge is 0.233 e. The van der Waals surface area contributed by atoms with Gasteiger partial charge in [-0.25, -0.2) is 13.4 Å². The van der Waals surface area contributed by atoms with E-state index in [-0.39, 0.29) is 5.75 Å². The summed E-state index contributed by atoms with van der Waals surface area (Å²) in [5.41, 5.74) is 2.75. The molecule has 0 unspecified atom stereocenters. The lowest BCUT2D eigenvalue weighted by Crippen LogP contribution is -2.18.